The Morgan fingerprint density at radius 2 is 1.80 bits per heavy atom. The second-order valence-corrected chi connectivity index (χ2v) is 5.81. The molecule has 2 N–H and O–H groups in total. The van der Waals surface area contributed by atoms with Gasteiger partial charge in [-0.25, -0.2) is 4.79 Å². The smallest absolute Gasteiger partial charge is 0.353 e. The van der Waals surface area contributed by atoms with Gasteiger partial charge in [0.2, 0.25) is 0 Å². The van der Waals surface area contributed by atoms with E-state index in [2.05, 4.69) is 5.32 Å². The summed E-state index contributed by atoms with van der Waals surface area (Å²) in [6, 6.07) is 7.18. The number of aromatic nitrogens is 1. The number of nitrogens with zero attached hydrogens (tertiary/aromatic N) is 1. The first kappa shape index (κ1) is 14.1. The van der Waals surface area contributed by atoms with Gasteiger partial charge in [-0.05, 0) is 26.8 Å². The fraction of sp³-hybridized carbons (Fsp3) is 0.333. The number of fused-ring (bicyclic) bond motifs is 1. The minimum Gasteiger partial charge on any atom is -0.477 e. The molecule has 20 heavy (non-hydrogen) atoms. The predicted octanol–water partition coefficient (Wildman–Crippen LogP) is 2.40. The van der Waals surface area contributed by atoms with Gasteiger partial charge in [0.1, 0.15) is 5.69 Å². The van der Waals surface area contributed by atoms with Crippen LogP contribution in [0.15, 0.2) is 24.3 Å². The van der Waals surface area contributed by atoms with Crippen LogP contribution in [-0.2, 0) is 7.05 Å². The fourth-order valence-electron chi connectivity index (χ4n) is 2.28. The molecular formula is C15H18N2O3. The standard InChI is InChI=1S/C15H18N2O3/c1-15(2,3)16-13(18)11-9-7-5-6-8-10(9)17(4)12(11)14(19)20/h5-8H,1-4H3,(H,16,18)(H,19,20). The fourth-order valence-corrected chi connectivity index (χ4v) is 2.28. The normalized spacial score (nSPS) is 11.6. The molecule has 0 saturated carbocycles. The zero-order valence-electron chi connectivity index (χ0n) is 12.0. The summed E-state index contributed by atoms with van der Waals surface area (Å²) in [4.78, 5) is 23.9. The molecule has 106 valence electrons. The van der Waals surface area contributed by atoms with Gasteiger partial charge in [-0.15, -0.1) is 0 Å². The minimum atomic E-state index is -1.11. The maximum atomic E-state index is 12.4. The molecule has 2 aromatic rings. The Bertz CT molecular complexity index is 693. The van der Waals surface area contributed by atoms with Gasteiger partial charge in [-0.1, -0.05) is 18.2 Å². The lowest BCUT2D eigenvalue weighted by Crippen LogP contribution is -2.41. The average molecular weight is 274 g/mol. The van der Waals surface area contributed by atoms with Crippen molar-refractivity contribution in [3.05, 3.63) is 35.5 Å². The number of nitrogens with one attached hydrogen (secondary N) is 1. The van der Waals surface area contributed by atoms with Crippen LogP contribution in [0, 0.1) is 0 Å². The first-order valence-electron chi connectivity index (χ1n) is 6.35. The van der Waals surface area contributed by atoms with E-state index in [1.165, 1.54) is 4.57 Å². The summed E-state index contributed by atoms with van der Waals surface area (Å²) < 4.78 is 1.54. The lowest BCUT2D eigenvalue weighted by Gasteiger charge is -2.20. The van der Waals surface area contributed by atoms with Crippen LogP contribution in [0.25, 0.3) is 10.9 Å². The monoisotopic (exact) mass is 274 g/mol. The molecule has 0 aliphatic carbocycles. The van der Waals surface area contributed by atoms with E-state index in [0.29, 0.717) is 5.39 Å². The molecule has 0 radical (unpaired) electrons. The van der Waals surface area contributed by atoms with E-state index in [1.807, 2.05) is 26.8 Å². The summed E-state index contributed by atoms with van der Waals surface area (Å²) in [6.07, 6.45) is 0. The largest absolute Gasteiger partial charge is 0.477 e. The number of hydrogen-bond donors (Lipinski definition) is 2. The van der Waals surface area contributed by atoms with Crippen LogP contribution in [0.1, 0.15) is 41.6 Å². The van der Waals surface area contributed by atoms with Crippen molar-refractivity contribution in [3.8, 4) is 0 Å². The first-order valence-corrected chi connectivity index (χ1v) is 6.35. The van der Waals surface area contributed by atoms with Gasteiger partial charge in [0, 0.05) is 23.5 Å². The lowest BCUT2D eigenvalue weighted by molar-refractivity contribution is 0.0680. The third-order valence-electron chi connectivity index (χ3n) is 3.03. The summed E-state index contributed by atoms with van der Waals surface area (Å²) in [5, 5.41) is 12.9. The zero-order valence-corrected chi connectivity index (χ0v) is 12.0. The van der Waals surface area contributed by atoms with Crippen LogP contribution >= 0.6 is 0 Å². The quantitative estimate of drug-likeness (QED) is 0.883. The molecule has 0 atom stereocenters. The molecule has 0 aliphatic rings. The number of aromatic carboxylic acids is 1. The Balaban J connectivity index is 2.70. The van der Waals surface area contributed by atoms with Crippen molar-refractivity contribution in [1.29, 1.82) is 0 Å². The summed E-state index contributed by atoms with van der Waals surface area (Å²) >= 11 is 0. The molecule has 5 nitrogen and oxygen atoms in total. The highest BCUT2D eigenvalue weighted by Crippen LogP contribution is 2.25. The van der Waals surface area contributed by atoms with Gasteiger partial charge in [-0.2, -0.15) is 0 Å². The van der Waals surface area contributed by atoms with E-state index in [4.69, 9.17) is 0 Å². The van der Waals surface area contributed by atoms with Crippen LogP contribution in [0.5, 0.6) is 0 Å². The number of carboxylic acids is 1. The Morgan fingerprint density at radius 3 is 2.35 bits per heavy atom. The Labute approximate surface area is 117 Å². The molecule has 1 heterocycles. The highest BCUT2D eigenvalue weighted by atomic mass is 16.4. The maximum absolute atomic E-state index is 12.4. The number of amides is 1. The van der Waals surface area contributed by atoms with Crippen LogP contribution in [0.4, 0.5) is 0 Å². The van der Waals surface area contributed by atoms with Gasteiger partial charge in [-0.3, -0.25) is 4.79 Å². The first-order chi connectivity index (χ1) is 9.22. The molecule has 0 bridgehead atoms. The lowest BCUT2D eigenvalue weighted by atomic mass is 10.1. The molecule has 5 heteroatoms. The van der Waals surface area contributed by atoms with Gasteiger partial charge in [0.25, 0.3) is 5.91 Å². The van der Waals surface area contributed by atoms with Gasteiger partial charge in [0.05, 0.1) is 5.56 Å². The number of carbonyl (C=O) groups is 2. The zero-order chi connectivity index (χ0) is 15.1. The maximum Gasteiger partial charge on any atom is 0.353 e. The van der Waals surface area contributed by atoms with E-state index >= 15 is 0 Å². The second-order valence-electron chi connectivity index (χ2n) is 5.81. The second kappa shape index (κ2) is 4.67. The number of carbonyl (C=O) groups excluding carboxylic acids is 1. The number of rotatable bonds is 2. The van der Waals surface area contributed by atoms with E-state index in [1.54, 1.807) is 25.2 Å². The number of benzene rings is 1. The van der Waals surface area contributed by atoms with E-state index < -0.39 is 11.5 Å². The number of carboxylic acid groups (broad SMARTS) is 1. The molecule has 0 aliphatic heterocycles. The predicted molar refractivity (Wildman–Crippen MR) is 77.1 cm³/mol. The summed E-state index contributed by atoms with van der Waals surface area (Å²) in [5.74, 6) is -1.48. The average Bonchev–Trinajstić information content (AvgIpc) is 2.61. The number of aryl methyl sites for hydroxylation is 1. The van der Waals surface area contributed by atoms with Crippen molar-refractivity contribution in [1.82, 2.24) is 9.88 Å². The summed E-state index contributed by atoms with van der Waals surface area (Å²) in [7, 11) is 1.65. The van der Waals surface area contributed by atoms with Crippen LogP contribution in [0.2, 0.25) is 0 Å². The number of para-hydroxylation sites is 1. The highest BCUT2D eigenvalue weighted by molar-refractivity contribution is 6.14. The molecule has 1 amide bonds. The molecule has 2 rings (SSSR count). The Kier molecular flexibility index (Phi) is 3.29. The molecule has 1 aromatic carbocycles. The van der Waals surface area contributed by atoms with Crippen molar-refractivity contribution in [3.63, 3.8) is 0 Å². The third-order valence-corrected chi connectivity index (χ3v) is 3.03. The summed E-state index contributed by atoms with van der Waals surface area (Å²) in [6.45, 7) is 5.57. The Morgan fingerprint density at radius 1 is 1.20 bits per heavy atom. The van der Waals surface area contributed by atoms with Gasteiger partial charge < -0.3 is 15.0 Å². The van der Waals surface area contributed by atoms with Gasteiger partial charge in [0.15, 0.2) is 0 Å². The van der Waals surface area contributed by atoms with Crippen molar-refractivity contribution in [2.45, 2.75) is 26.3 Å². The third kappa shape index (κ3) is 2.39. The molecule has 0 unspecified atom stereocenters. The minimum absolute atomic E-state index is 0.00736. The highest BCUT2D eigenvalue weighted by Gasteiger charge is 2.27. The molecular weight excluding hydrogens is 256 g/mol. The van der Waals surface area contributed by atoms with Crippen molar-refractivity contribution in [2.75, 3.05) is 0 Å². The topological polar surface area (TPSA) is 71.3 Å². The van der Waals surface area contributed by atoms with Crippen LogP contribution < -0.4 is 5.32 Å². The molecule has 1 aromatic heterocycles. The van der Waals surface area contributed by atoms with E-state index in [0.717, 1.165) is 5.52 Å². The van der Waals surface area contributed by atoms with E-state index in [-0.39, 0.29) is 17.2 Å². The molecule has 0 saturated heterocycles. The van der Waals surface area contributed by atoms with E-state index in [9.17, 15) is 14.7 Å². The molecule has 0 spiro atoms. The van der Waals surface area contributed by atoms with Crippen LogP contribution in [0.3, 0.4) is 0 Å². The molecule has 0 fully saturated rings. The van der Waals surface area contributed by atoms with Crippen molar-refractivity contribution in [2.24, 2.45) is 7.05 Å². The Hall–Kier alpha value is -2.30. The SMILES string of the molecule is Cn1c(C(=O)O)c(C(=O)NC(C)(C)C)c2ccccc21. The van der Waals surface area contributed by atoms with Crippen molar-refractivity contribution < 1.29 is 14.7 Å². The van der Waals surface area contributed by atoms with Gasteiger partial charge >= 0.3 is 5.97 Å². The van der Waals surface area contributed by atoms with Crippen molar-refractivity contribution >= 4 is 22.8 Å². The summed E-state index contributed by atoms with van der Waals surface area (Å²) in [5.41, 5.74) is 0.520. The van der Waals surface area contributed by atoms with Crippen LogP contribution in [-0.4, -0.2) is 27.1 Å². The number of hydrogen-bond acceptors (Lipinski definition) is 2.